The molecule has 0 aromatic carbocycles. The number of nitrogens with zero attached hydrogens (tertiary/aromatic N) is 2. The van der Waals surface area contributed by atoms with Crippen LogP contribution in [0.25, 0.3) is 0 Å². The van der Waals surface area contributed by atoms with Gasteiger partial charge in [-0.2, -0.15) is 0 Å². The second kappa shape index (κ2) is 9.37. The average Bonchev–Trinajstić information content (AvgIpc) is 2.90. The first-order chi connectivity index (χ1) is 13.0. The van der Waals surface area contributed by atoms with Gasteiger partial charge in [0, 0.05) is 19.6 Å². The third kappa shape index (κ3) is 5.02. The Hall–Kier alpha value is -1.14. The number of hydrogen-bond donors (Lipinski definition) is 3. The minimum atomic E-state index is -0.639. The average molecular weight is 379 g/mol. The summed E-state index contributed by atoms with van der Waals surface area (Å²) < 4.78 is 0. The molecule has 6 heteroatoms. The maximum absolute atomic E-state index is 13.1. The van der Waals surface area contributed by atoms with E-state index >= 15 is 0 Å². The second-order valence-corrected chi connectivity index (χ2v) is 9.02. The highest BCUT2D eigenvalue weighted by Crippen LogP contribution is 2.40. The number of carbonyl (C=O) groups excluding carboxylic acids is 1. The fourth-order valence-corrected chi connectivity index (χ4v) is 5.48. The van der Waals surface area contributed by atoms with Gasteiger partial charge >= 0.3 is 0 Å². The number of nitrogens with one attached hydrogen (secondary N) is 1. The van der Waals surface area contributed by atoms with Crippen LogP contribution in [-0.2, 0) is 4.79 Å². The van der Waals surface area contributed by atoms with E-state index in [-0.39, 0.29) is 12.5 Å². The molecule has 0 radical (unpaired) electrons. The molecule has 3 rings (SSSR count). The van der Waals surface area contributed by atoms with Crippen molar-refractivity contribution < 1.29 is 9.90 Å². The number of nitrogens with two attached hydrogens (primary N) is 1. The molecular formula is C21H38N4O2. The van der Waals surface area contributed by atoms with Crippen molar-refractivity contribution in [2.75, 3.05) is 20.2 Å². The van der Waals surface area contributed by atoms with Crippen LogP contribution in [0.1, 0.15) is 77.0 Å². The van der Waals surface area contributed by atoms with Gasteiger partial charge in [-0.1, -0.05) is 44.9 Å². The monoisotopic (exact) mass is 378 g/mol. The predicted molar refractivity (Wildman–Crippen MR) is 108 cm³/mol. The van der Waals surface area contributed by atoms with Crippen molar-refractivity contribution in [1.29, 1.82) is 0 Å². The Bertz CT molecular complexity index is 532. The van der Waals surface area contributed by atoms with Crippen LogP contribution in [0.4, 0.5) is 0 Å². The molecule has 1 amide bonds. The van der Waals surface area contributed by atoms with Crippen molar-refractivity contribution in [3.05, 3.63) is 0 Å². The van der Waals surface area contributed by atoms with E-state index in [1.807, 2.05) is 0 Å². The fourth-order valence-electron chi connectivity index (χ4n) is 5.48. The van der Waals surface area contributed by atoms with E-state index < -0.39 is 5.54 Å². The zero-order chi connectivity index (χ0) is 19.3. The molecular weight excluding hydrogens is 340 g/mol. The normalized spacial score (nSPS) is 32.7. The number of aliphatic imine (C=N–C) groups is 1. The molecule has 3 atom stereocenters. The van der Waals surface area contributed by atoms with Crippen LogP contribution < -0.4 is 11.1 Å². The molecule has 0 bridgehead atoms. The fraction of sp³-hybridized carbons (Fsp3) is 0.905. The molecule has 2 fully saturated rings. The van der Waals surface area contributed by atoms with Gasteiger partial charge in [0.2, 0.25) is 0 Å². The number of rotatable bonds is 8. The quantitative estimate of drug-likeness (QED) is 0.605. The summed E-state index contributed by atoms with van der Waals surface area (Å²) in [5, 5.41) is 12.5. The van der Waals surface area contributed by atoms with Crippen molar-refractivity contribution in [3.63, 3.8) is 0 Å². The number of aliphatic hydroxyl groups excluding tert-OH is 1. The van der Waals surface area contributed by atoms with Crippen LogP contribution >= 0.6 is 0 Å². The molecule has 1 heterocycles. The molecule has 1 unspecified atom stereocenters. The summed E-state index contributed by atoms with van der Waals surface area (Å²) in [7, 11) is 1.76. The molecule has 154 valence electrons. The smallest absolute Gasteiger partial charge is 0.257 e. The zero-order valence-corrected chi connectivity index (χ0v) is 17.0. The highest BCUT2D eigenvalue weighted by Gasteiger charge is 2.47. The summed E-state index contributed by atoms with van der Waals surface area (Å²) in [4.78, 5) is 19.4. The number of carbonyl (C=O) groups is 1. The van der Waals surface area contributed by atoms with Crippen LogP contribution in [0.5, 0.6) is 0 Å². The molecule has 0 aromatic heterocycles. The van der Waals surface area contributed by atoms with Crippen LogP contribution in [0, 0.1) is 11.8 Å². The van der Waals surface area contributed by atoms with E-state index in [1.54, 1.807) is 11.9 Å². The lowest BCUT2D eigenvalue weighted by molar-refractivity contribution is -0.131. The molecule has 6 nitrogen and oxygen atoms in total. The first kappa shape index (κ1) is 20.6. The van der Waals surface area contributed by atoms with Crippen molar-refractivity contribution in [2.24, 2.45) is 22.6 Å². The Morgan fingerprint density at radius 3 is 2.59 bits per heavy atom. The first-order valence-corrected chi connectivity index (χ1v) is 11.0. The molecule has 2 saturated carbocycles. The summed E-state index contributed by atoms with van der Waals surface area (Å²) in [6.07, 6.45) is 13.9. The topological polar surface area (TPSA) is 91.0 Å². The summed E-state index contributed by atoms with van der Waals surface area (Å²) in [6.45, 7) is 0.827. The Kier molecular flexibility index (Phi) is 7.15. The van der Waals surface area contributed by atoms with Crippen LogP contribution in [0.15, 0.2) is 4.99 Å². The third-order valence-corrected chi connectivity index (χ3v) is 7.02. The first-order valence-electron chi connectivity index (χ1n) is 11.0. The molecule has 0 spiro atoms. The highest BCUT2D eigenvalue weighted by molar-refractivity contribution is 6.06. The van der Waals surface area contributed by atoms with Crippen molar-refractivity contribution in [2.45, 2.75) is 88.6 Å². The predicted octanol–water partition coefficient (Wildman–Crippen LogP) is 2.40. The summed E-state index contributed by atoms with van der Waals surface area (Å²) in [5.41, 5.74) is 5.43. The summed E-state index contributed by atoms with van der Waals surface area (Å²) in [5.74, 6) is 1.72. The number of likely N-dealkylation sites (N-methyl/N-ethyl adjacent to an activating group) is 1. The van der Waals surface area contributed by atoms with Gasteiger partial charge in [-0.3, -0.25) is 9.69 Å². The molecule has 0 saturated heterocycles. The summed E-state index contributed by atoms with van der Waals surface area (Å²) >= 11 is 0. The molecule has 0 aromatic rings. The maximum atomic E-state index is 13.1. The van der Waals surface area contributed by atoms with Gasteiger partial charge in [-0.15, -0.1) is 0 Å². The van der Waals surface area contributed by atoms with Gasteiger partial charge in [-0.25, -0.2) is 4.99 Å². The number of hydrogen-bond acceptors (Lipinski definition) is 5. The Labute approximate surface area is 164 Å². The van der Waals surface area contributed by atoms with E-state index in [0.29, 0.717) is 24.5 Å². The van der Waals surface area contributed by atoms with Crippen LogP contribution in [0.2, 0.25) is 0 Å². The largest absolute Gasteiger partial charge is 0.395 e. The Balaban J connectivity index is 1.66. The molecule has 4 N–H and O–H groups in total. The van der Waals surface area contributed by atoms with Crippen molar-refractivity contribution in [3.8, 4) is 0 Å². The van der Waals surface area contributed by atoms with Gasteiger partial charge in [0.1, 0.15) is 5.54 Å². The Morgan fingerprint density at radius 1 is 1.19 bits per heavy atom. The number of amides is 1. The van der Waals surface area contributed by atoms with E-state index in [2.05, 4.69) is 5.32 Å². The SMILES string of the molecule is CN1C(=O)[C@@](CCC2CCCCC2)(C[C@H]2CCCC(NCCO)C2)N=C1N. The number of aliphatic hydroxyl groups is 1. The van der Waals surface area contributed by atoms with Gasteiger partial charge in [0.25, 0.3) is 5.91 Å². The minimum Gasteiger partial charge on any atom is -0.395 e. The van der Waals surface area contributed by atoms with Crippen LogP contribution in [-0.4, -0.2) is 53.7 Å². The lowest BCUT2D eigenvalue weighted by atomic mass is 9.74. The highest BCUT2D eigenvalue weighted by atomic mass is 16.3. The number of guanidine groups is 1. The third-order valence-electron chi connectivity index (χ3n) is 7.02. The second-order valence-electron chi connectivity index (χ2n) is 9.02. The van der Waals surface area contributed by atoms with Gasteiger partial charge < -0.3 is 16.2 Å². The van der Waals surface area contributed by atoms with E-state index in [9.17, 15) is 4.79 Å². The van der Waals surface area contributed by atoms with Gasteiger partial charge in [0.05, 0.1) is 6.61 Å². The lowest BCUT2D eigenvalue weighted by Crippen LogP contribution is -2.45. The lowest BCUT2D eigenvalue weighted by Gasteiger charge is -2.35. The van der Waals surface area contributed by atoms with Crippen molar-refractivity contribution >= 4 is 11.9 Å². The van der Waals surface area contributed by atoms with E-state index in [1.165, 1.54) is 38.5 Å². The Morgan fingerprint density at radius 2 is 1.93 bits per heavy atom. The minimum absolute atomic E-state index is 0.0984. The van der Waals surface area contributed by atoms with Gasteiger partial charge in [-0.05, 0) is 43.9 Å². The van der Waals surface area contributed by atoms with Crippen LogP contribution in [0.3, 0.4) is 0 Å². The van der Waals surface area contributed by atoms with E-state index in [0.717, 1.165) is 44.4 Å². The molecule has 2 aliphatic carbocycles. The van der Waals surface area contributed by atoms with E-state index in [4.69, 9.17) is 15.8 Å². The summed E-state index contributed by atoms with van der Waals surface area (Å²) in [6, 6.07) is 0.446. The standard InChI is InChI=1S/C21H38N4O2/c1-25-19(27)21(24-20(25)22,11-10-16-6-3-2-4-7-16)15-17-8-5-9-18(14-17)23-12-13-26/h16-18,23,26H,2-15H2,1H3,(H2,22,24)/t17-,18?,21+/m0/s1. The van der Waals surface area contributed by atoms with Gasteiger partial charge in [0.15, 0.2) is 5.96 Å². The zero-order valence-electron chi connectivity index (χ0n) is 17.0. The molecule has 3 aliphatic rings. The van der Waals surface area contributed by atoms with Crippen molar-refractivity contribution in [1.82, 2.24) is 10.2 Å². The molecule has 27 heavy (non-hydrogen) atoms. The molecule has 1 aliphatic heterocycles. The maximum Gasteiger partial charge on any atom is 0.257 e.